The predicted molar refractivity (Wildman–Crippen MR) is 144 cm³/mol. The molecule has 9 nitrogen and oxygen atoms in total. The van der Waals surface area contributed by atoms with Crippen molar-refractivity contribution in [2.45, 2.75) is 65.0 Å². The number of nitrogens with one attached hydrogen (secondary N) is 1. The van der Waals surface area contributed by atoms with E-state index in [1.54, 1.807) is 12.1 Å². The normalized spacial score (nSPS) is 21.3. The van der Waals surface area contributed by atoms with E-state index in [1.807, 2.05) is 44.2 Å². The van der Waals surface area contributed by atoms with Gasteiger partial charge in [0.1, 0.15) is 11.9 Å². The molecule has 1 aromatic heterocycles. The number of hydrogen-bond donors (Lipinski definition) is 1. The van der Waals surface area contributed by atoms with Gasteiger partial charge in [-0.25, -0.2) is 19.1 Å². The Kier molecular flexibility index (Phi) is 7.35. The van der Waals surface area contributed by atoms with Crippen LogP contribution < -0.4 is 21.7 Å². The van der Waals surface area contributed by atoms with Gasteiger partial charge in [-0.2, -0.15) is 0 Å². The van der Waals surface area contributed by atoms with Gasteiger partial charge in [0, 0.05) is 29.0 Å². The maximum absolute atomic E-state index is 13.7. The standard InChI is InChI=1S/C28H33ClN4O5/c1-5-23-17(2)22-12-21(10-11-24(22)38-23)30-25-31-26(34)33(14-19-15-36-28(3,4)37-16-19)27(35)32(25)13-18-6-8-20(29)9-7-18/h6-12,17,19,23H,5,13-16H2,1-4H3,(H,30,31,34). The van der Waals surface area contributed by atoms with Crippen molar-refractivity contribution in [1.82, 2.24) is 14.1 Å². The molecule has 0 amide bonds. The van der Waals surface area contributed by atoms with Crippen LogP contribution >= 0.6 is 11.6 Å². The van der Waals surface area contributed by atoms with Crippen molar-refractivity contribution in [3.05, 3.63) is 85.2 Å². The van der Waals surface area contributed by atoms with E-state index in [4.69, 9.17) is 30.8 Å². The Morgan fingerprint density at radius 1 is 1.08 bits per heavy atom. The lowest BCUT2D eigenvalue weighted by Gasteiger charge is -2.34. The van der Waals surface area contributed by atoms with Gasteiger partial charge in [0.15, 0.2) is 5.79 Å². The van der Waals surface area contributed by atoms with E-state index < -0.39 is 17.2 Å². The maximum atomic E-state index is 13.7. The highest BCUT2D eigenvalue weighted by Crippen LogP contribution is 2.40. The fraction of sp³-hybridized carbons (Fsp3) is 0.464. The molecule has 0 saturated carbocycles. The first-order valence-electron chi connectivity index (χ1n) is 12.9. The third kappa shape index (κ3) is 5.50. The number of fused-ring (bicyclic) bond motifs is 1. The van der Waals surface area contributed by atoms with Crippen LogP contribution in [0.5, 0.6) is 5.75 Å². The molecular weight excluding hydrogens is 508 g/mol. The molecule has 1 N–H and O–H groups in total. The maximum Gasteiger partial charge on any atom is 0.335 e. The highest BCUT2D eigenvalue weighted by Gasteiger charge is 2.30. The lowest BCUT2D eigenvalue weighted by atomic mass is 9.96. The fourth-order valence-electron chi connectivity index (χ4n) is 4.90. The number of aromatic nitrogens is 3. The molecule has 2 atom stereocenters. The molecule has 38 heavy (non-hydrogen) atoms. The molecule has 2 aliphatic heterocycles. The molecule has 2 unspecified atom stereocenters. The van der Waals surface area contributed by atoms with Gasteiger partial charge < -0.3 is 14.2 Å². The molecule has 3 heterocycles. The molecule has 1 saturated heterocycles. The number of benzene rings is 2. The number of halogens is 1. The third-order valence-corrected chi connectivity index (χ3v) is 7.42. The van der Waals surface area contributed by atoms with Crippen LogP contribution in [-0.2, 0) is 22.6 Å². The van der Waals surface area contributed by atoms with Crippen molar-refractivity contribution in [1.29, 1.82) is 0 Å². The van der Waals surface area contributed by atoms with Crippen LogP contribution in [0.3, 0.4) is 0 Å². The number of hydrogen-bond acceptors (Lipinski definition) is 6. The van der Waals surface area contributed by atoms with E-state index in [2.05, 4.69) is 18.8 Å². The summed E-state index contributed by atoms with van der Waals surface area (Å²) in [4.78, 5) is 34.4. The van der Waals surface area contributed by atoms with Gasteiger partial charge in [-0.3, -0.25) is 9.55 Å². The summed E-state index contributed by atoms with van der Waals surface area (Å²) in [7, 11) is 0. The number of nitrogens with zero attached hydrogens (tertiary/aromatic N) is 3. The highest BCUT2D eigenvalue weighted by molar-refractivity contribution is 6.30. The van der Waals surface area contributed by atoms with Crippen molar-refractivity contribution in [2.75, 3.05) is 13.2 Å². The Balaban J connectivity index is 1.56. The van der Waals surface area contributed by atoms with Crippen molar-refractivity contribution in [3.63, 3.8) is 0 Å². The average Bonchev–Trinajstić information content (AvgIpc) is 3.21. The van der Waals surface area contributed by atoms with E-state index in [0.717, 1.165) is 23.3 Å². The van der Waals surface area contributed by atoms with E-state index in [-0.39, 0.29) is 36.6 Å². The van der Waals surface area contributed by atoms with Gasteiger partial charge in [-0.05, 0) is 56.2 Å². The molecule has 0 bridgehead atoms. The van der Waals surface area contributed by atoms with Crippen molar-refractivity contribution in [3.8, 4) is 5.75 Å². The lowest BCUT2D eigenvalue weighted by Crippen LogP contribution is -2.52. The fourth-order valence-corrected chi connectivity index (χ4v) is 5.03. The average molecular weight is 541 g/mol. The highest BCUT2D eigenvalue weighted by atomic mass is 35.5. The van der Waals surface area contributed by atoms with E-state index in [0.29, 0.717) is 23.9 Å². The summed E-state index contributed by atoms with van der Waals surface area (Å²) in [5, 5.41) is 0.600. The van der Waals surface area contributed by atoms with Crippen molar-refractivity contribution in [2.24, 2.45) is 10.9 Å². The number of aromatic amines is 1. The van der Waals surface area contributed by atoms with Crippen molar-refractivity contribution >= 4 is 17.3 Å². The van der Waals surface area contributed by atoms with Crippen LogP contribution in [0.1, 0.15) is 51.2 Å². The zero-order valence-corrected chi connectivity index (χ0v) is 22.8. The van der Waals surface area contributed by atoms with Gasteiger partial charge in [0.25, 0.3) is 0 Å². The second-order valence-corrected chi connectivity index (χ2v) is 10.9. The molecule has 0 radical (unpaired) electrons. The molecule has 2 aromatic carbocycles. The Bertz CT molecular complexity index is 1500. The van der Waals surface area contributed by atoms with E-state index >= 15 is 0 Å². The molecule has 1 fully saturated rings. The summed E-state index contributed by atoms with van der Waals surface area (Å²) in [6.45, 7) is 9.06. The predicted octanol–water partition coefficient (Wildman–Crippen LogP) is 3.95. The number of rotatable bonds is 6. The first-order chi connectivity index (χ1) is 18.1. The summed E-state index contributed by atoms with van der Waals surface area (Å²) in [6.07, 6.45) is 1.03. The van der Waals surface area contributed by atoms with Gasteiger partial charge in [0.05, 0.1) is 25.4 Å². The summed E-state index contributed by atoms with van der Waals surface area (Å²) >= 11 is 6.07. The van der Waals surface area contributed by atoms with Crippen LogP contribution in [0.15, 0.2) is 57.0 Å². The first-order valence-corrected chi connectivity index (χ1v) is 13.3. The Hall–Kier alpha value is -3.14. The van der Waals surface area contributed by atoms with Gasteiger partial charge >= 0.3 is 11.4 Å². The summed E-state index contributed by atoms with van der Waals surface area (Å²) in [5.74, 6) is 0.253. The second kappa shape index (κ2) is 10.6. The minimum atomic E-state index is -0.680. The Morgan fingerprint density at radius 2 is 1.79 bits per heavy atom. The molecule has 3 aromatic rings. The van der Waals surface area contributed by atoms with E-state index in [9.17, 15) is 9.59 Å². The van der Waals surface area contributed by atoms with Gasteiger partial charge in [-0.15, -0.1) is 0 Å². The minimum Gasteiger partial charge on any atom is -0.490 e. The third-order valence-electron chi connectivity index (χ3n) is 7.17. The van der Waals surface area contributed by atoms with Crippen LogP contribution in [0.25, 0.3) is 0 Å². The number of ether oxygens (including phenoxy) is 3. The Morgan fingerprint density at radius 3 is 2.47 bits per heavy atom. The Labute approximate surface area is 225 Å². The first kappa shape index (κ1) is 26.5. The molecule has 10 heteroatoms. The summed E-state index contributed by atoms with van der Waals surface area (Å²) < 4.78 is 20.2. The van der Waals surface area contributed by atoms with Gasteiger partial charge in [0.2, 0.25) is 5.62 Å². The number of H-pyrrole nitrogens is 1. The van der Waals surface area contributed by atoms with Crippen LogP contribution in [-0.4, -0.2) is 39.2 Å². The van der Waals surface area contributed by atoms with Crippen LogP contribution in [0, 0.1) is 5.92 Å². The largest absolute Gasteiger partial charge is 0.490 e. The second-order valence-electron chi connectivity index (χ2n) is 10.4. The smallest absolute Gasteiger partial charge is 0.335 e. The van der Waals surface area contributed by atoms with Crippen LogP contribution in [0.4, 0.5) is 5.69 Å². The molecular formula is C28H33ClN4O5. The molecule has 0 spiro atoms. The molecule has 5 rings (SSSR count). The zero-order valence-electron chi connectivity index (χ0n) is 22.1. The molecule has 202 valence electrons. The van der Waals surface area contributed by atoms with Gasteiger partial charge in [-0.1, -0.05) is 37.6 Å². The van der Waals surface area contributed by atoms with Crippen LogP contribution in [0.2, 0.25) is 5.02 Å². The zero-order chi connectivity index (χ0) is 27.0. The quantitative estimate of drug-likeness (QED) is 0.510. The van der Waals surface area contributed by atoms with Crippen molar-refractivity contribution < 1.29 is 14.2 Å². The van der Waals surface area contributed by atoms with E-state index in [1.165, 1.54) is 9.13 Å². The summed E-state index contributed by atoms with van der Waals surface area (Å²) in [5.41, 5.74) is 1.72. The molecule has 2 aliphatic rings. The lowest BCUT2D eigenvalue weighted by molar-refractivity contribution is -0.263. The summed E-state index contributed by atoms with van der Waals surface area (Å²) in [6, 6.07) is 12.9. The minimum absolute atomic E-state index is 0.122. The monoisotopic (exact) mass is 540 g/mol. The topological polar surface area (TPSA) is 99.8 Å². The molecule has 0 aliphatic carbocycles. The SMILES string of the molecule is CCC1Oc2ccc(/N=c3\[nH]c(=O)n(CC4COC(C)(C)OC4)c(=O)n3Cc3ccc(Cl)cc3)cc2C1C.